The van der Waals surface area contributed by atoms with Crippen molar-refractivity contribution in [3.05, 3.63) is 28.8 Å². The number of fused-ring (bicyclic) bond motifs is 1. The summed E-state index contributed by atoms with van der Waals surface area (Å²) in [5, 5.41) is 0. The van der Waals surface area contributed by atoms with E-state index in [1.54, 1.807) is 0 Å². The van der Waals surface area contributed by atoms with Crippen LogP contribution >= 0.6 is 0 Å². The van der Waals surface area contributed by atoms with E-state index in [4.69, 9.17) is 9.47 Å². The van der Waals surface area contributed by atoms with E-state index in [0.717, 1.165) is 32.6 Å². The molecule has 1 aromatic heterocycles. The fourth-order valence-corrected chi connectivity index (χ4v) is 4.56. The average Bonchev–Trinajstić information content (AvgIpc) is 2.73. The molecular formula is C14H18BrNO2Se. The molecular weight excluding hydrogens is 373 g/mol. The van der Waals surface area contributed by atoms with Crippen LogP contribution in [0.4, 0.5) is 0 Å². The molecule has 1 fully saturated rings. The minimum Gasteiger partial charge on any atom is -1.00 e. The molecule has 1 aliphatic rings. The number of aryl methyl sites for hydroxylation is 2. The summed E-state index contributed by atoms with van der Waals surface area (Å²) < 4.78 is 16.6. The van der Waals surface area contributed by atoms with Gasteiger partial charge in [-0.3, -0.25) is 0 Å². The van der Waals surface area contributed by atoms with E-state index >= 15 is 0 Å². The molecule has 0 N–H and O–H groups in total. The van der Waals surface area contributed by atoms with Crippen molar-refractivity contribution in [2.24, 2.45) is 0 Å². The van der Waals surface area contributed by atoms with Gasteiger partial charge in [-0.15, -0.1) is 0 Å². The number of nitrogens with zero attached hydrogens (tertiary/aromatic N) is 1. The normalized spacial score (nSPS) is 16.5. The Morgan fingerprint density at radius 2 is 2.00 bits per heavy atom. The number of hydrogen-bond acceptors (Lipinski definition) is 2. The van der Waals surface area contributed by atoms with Crippen molar-refractivity contribution in [1.29, 1.82) is 0 Å². The van der Waals surface area contributed by atoms with Gasteiger partial charge in [-0.1, -0.05) is 0 Å². The third kappa shape index (κ3) is 3.47. The molecule has 3 nitrogen and oxygen atoms in total. The Morgan fingerprint density at radius 3 is 2.79 bits per heavy atom. The maximum atomic E-state index is 5.61. The first-order valence-electron chi connectivity index (χ1n) is 6.46. The molecule has 0 spiro atoms. The fraction of sp³-hybridized carbons (Fsp3) is 0.500. The van der Waals surface area contributed by atoms with Gasteiger partial charge in [-0.2, -0.15) is 0 Å². The van der Waals surface area contributed by atoms with Crippen LogP contribution in [0.1, 0.15) is 17.4 Å². The molecule has 0 bridgehead atoms. The molecule has 1 aliphatic heterocycles. The van der Waals surface area contributed by atoms with Crippen LogP contribution in [0, 0.1) is 6.92 Å². The zero-order chi connectivity index (χ0) is 12.4. The van der Waals surface area contributed by atoms with Crippen molar-refractivity contribution in [3.63, 3.8) is 0 Å². The number of ether oxygens (including phenoxy) is 2. The van der Waals surface area contributed by atoms with Crippen LogP contribution in [0.15, 0.2) is 24.3 Å². The Balaban J connectivity index is 0.00000133. The van der Waals surface area contributed by atoms with Crippen molar-refractivity contribution in [2.75, 3.05) is 13.2 Å². The first-order chi connectivity index (χ1) is 8.84. The topological polar surface area (TPSA) is 22.3 Å². The number of aromatic nitrogens is 1. The SMILES string of the molecule is Cc1[se]c2ccccc2[n+]1CCC1OCCCO1.[Br-]. The molecule has 2 aromatic rings. The number of para-hydroxylation sites is 1. The van der Waals surface area contributed by atoms with Gasteiger partial charge in [0, 0.05) is 0 Å². The summed E-state index contributed by atoms with van der Waals surface area (Å²) in [5.74, 6) is 0. The van der Waals surface area contributed by atoms with Gasteiger partial charge in [-0.25, -0.2) is 0 Å². The summed E-state index contributed by atoms with van der Waals surface area (Å²) in [5.41, 5.74) is 1.38. The Morgan fingerprint density at radius 1 is 1.26 bits per heavy atom. The summed E-state index contributed by atoms with van der Waals surface area (Å²) in [6.45, 7) is 4.92. The second-order valence-electron chi connectivity index (χ2n) is 4.55. The van der Waals surface area contributed by atoms with Gasteiger partial charge in [-0.05, 0) is 0 Å². The molecule has 0 atom stereocenters. The van der Waals surface area contributed by atoms with Gasteiger partial charge in [0.2, 0.25) is 0 Å². The quantitative estimate of drug-likeness (QED) is 0.477. The Labute approximate surface area is 130 Å². The third-order valence-electron chi connectivity index (χ3n) is 3.28. The molecule has 0 amide bonds. The maximum Gasteiger partial charge on any atom is -1.00 e. The van der Waals surface area contributed by atoms with Gasteiger partial charge < -0.3 is 17.0 Å². The molecule has 0 saturated carbocycles. The van der Waals surface area contributed by atoms with Crippen LogP contribution in [0.2, 0.25) is 0 Å². The Bertz CT molecular complexity index is 537. The zero-order valence-corrected chi connectivity index (χ0v) is 14.3. The second kappa shape index (κ2) is 7.00. The number of benzene rings is 1. The summed E-state index contributed by atoms with van der Waals surface area (Å²) >= 11 is 0.491. The van der Waals surface area contributed by atoms with E-state index in [1.807, 2.05) is 0 Å². The fourth-order valence-electron chi connectivity index (χ4n) is 2.37. The van der Waals surface area contributed by atoms with Gasteiger partial charge in [0.05, 0.1) is 0 Å². The Hall–Kier alpha value is -0.191. The van der Waals surface area contributed by atoms with Gasteiger partial charge in [0.1, 0.15) is 0 Å². The summed E-state index contributed by atoms with van der Waals surface area (Å²) in [7, 11) is 0. The predicted molar refractivity (Wildman–Crippen MR) is 70.7 cm³/mol. The maximum absolute atomic E-state index is 5.61. The van der Waals surface area contributed by atoms with Crippen LogP contribution in [0.25, 0.3) is 9.78 Å². The van der Waals surface area contributed by atoms with Crippen molar-refractivity contribution < 1.29 is 31.0 Å². The molecule has 3 rings (SSSR count). The van der Waals surface area contributed by atoms with Crippen molar-refractivity contribution in [2.45, 2.75) is 32.6 Å². The van der Waals surface area contributed by atoms with Gasteiger partial charge in [0.15, 0.2) is 0 Å². The molecule has 1 saturated heterocycles. The molecule has 0 radical (unpaired) electrons. The molecule has 1 aromatic carbocycles. The van der Waals surface area contributed by atoms with E-state index in [-0.39, 0.29) is 23.3 Å². The van der Waals surface area contributed by atoms with E-state index in [1.165, 1.54) is 14.3 Å². The van der Waals surface area contributed by atoms with Gasteiger partial charge in [0.25, 0.3) is 0 Å². The van der Waals surface area contributed by atoms with Crippen LogP contribution in [-0.2, 0) is 16.0 Å². The molecule has 0 unspecified atom stereocenters. The summed E-state index contributed by atoms with van der Waals surface area (Å²) in [6, 6.07) is 8.71. The number of rotatable bonds is 3. The number of halogens is 1. The van der Waals surface area contributed by atoms with Crippen molar-refractivity contribution in [1.82, 2.24) is 0 Å². The summed E-state index contributed by atoms with van der Waals surface area (Å²) in [6.07, 6.45) is 1.96. The minimum absolute atomic E-state index is 0. The van der Waals surface area contributed by atoms with E-state index in [2.05, 4.69) is 35.8 Å². The average molecular weight is 391 g/mol. The van der Waals surface area contributed by atoms with Crippen LogP contribution in [-0.4, -0.2) is 34.0 Å². The third-order valence-corrected chi connectivity index (χ3v) is 5.55. The van der Waals surface area contributed by atoms with Gasteiger partial charge >= 0.3 is 113 Å². The van der Waals surface area contributed by atoms with Crippen LogP contribution in [0.5, 0.6) is 0 Å². The van der Waals surface area contributed by atoms with E-state index in [0.29, 0.717) is 14.5 Å². The van der Waals surface area contributed by atoms with Crippen LogP contribution < -0.4 is 21.5 Å². The first-order valence-corrected chi connectivity index (χ1v) is 8.17. The van der Waals surface area contributed by atoms with Crippen molar-refractivity contribution in [3.8, 4) is 0 Å². The smallest absolute Gasteiger partial charge is 1.00 e. The predicted octanol–water partition coefficient (Wildman–Crippen LogP) is -1.35. The van der Waals surface area contributed by atoms with E-state index < -0.39 is 0 Å². The van der Waals surface area contributed by atoms with E-state index in [9.17, 15) is 0 Å². The number of hydrogen-bond donors (Lipinski definition) is 0. The molecule has 0 aliphatic carbocycles. The standard InChI is InChI=1S/C14H18NO2Se.BrH/c1-11-15(8-7-14-16-9-4-10-17-14)12-5-2-3-6-13(12)18-11;/h2-3,5-6,14H,4,7-10H2,1H3;1H/q+1;/p-1. The first kappa shape index (κ1) is 15.2. The van der Waals surface area contributed by atoms with Crippen molar-refractivity contribution >= 4 is 24.3 Å². The minimum atomic E-state index is -0.00758. The second-order valence-corrected chi connectivity index (χ2v) is 7.14. The molecule has 104 valence electrons. The molecule has 2 heterocycles. The largest absolute Gasteiger partial charge is 1.00 e. The summed E-state index contributed by atoms with van der Waals surface area (Å²) in [4.78, 5) is 0. The molecule has 5 heteroatoms. The molecule has 19 heavy (non-hydrogen) atoms. The monoisotopic (exact) mass is 391 g/mol. The Kier molecular flexibility index (Phi) is 5.60. The zero-order valence-electron chi connectivity index (χ0n) is 11.0. The van der Waals surface area contributed by atoms with Crippen LogP contribution in [0.3, 0.4) is 0 Å².